The summed E-state index contributed by atoms with van der Waals surface area (Å²) in [5.41, 5.74) is 1.17. The lowest BCUT2D eigenvalue weighted by molar-refractivity contribution is -0.136. The highest BCUT2D eigenvalue weighted by molar-refractivity contribution is 6.31. The van der Waals surface area contributed by atoms with Crippen LogP contribution in [-0.2, 0) is 9.53 Å². The fourth-order valence-electron chi connectivity index (χ4n) is 3.90. The number of aromatic nitrogens is 2. The molecule has 0 spiro atoms. The van der Waals surface area contributed by atoms with Gasteiger partial charge in [0.1, 0.15) is 42.7 Å². The Hall–Kier alpha value is -3.17. The third kappa shape index (κ3) is 5.09. The number of hydrogen-bond donors (Lipinski definition) is 1. The Kier molecular flexibility index (Phi) is 7.10. The number of rotatable bonds is 8. The van der Waals surface area contributed by atoms with Crippen molar-refractivity contribution in [3.8, 4) is 11.5 Å². The second kappa shape index (κ2) is 10.2. The molecule has 1 atom stereocenters. The van der Waals surface area contributed by atoms with Gasteiger partial charge in [-0.2, -0.15) is 0 Å². The zero-order valence-corrected chi connectivity index (χ0v) is 19.1. The topological polar surface area (TPSA) is 85.8 Å². The van der Waals surface area contributed by atoms with Gasteiger partial charge in [0.2, 0.25) is 5.91 Å². The normalized spacial score (nSPS) is 15.6. The van der Waals surface area contributed by atoms with Crippen molar-refractivity contribution in [2.75, 3.05) is 39.3 Å². The van der Waals surface area contributed by atoms with Gasteiger partial charge >= 0.3 is 0 Å². The SMILES string of the molecule is COCC(=O)N1CCCC1COc1cc(OC)cc2ncnc(Nc3ccc(F)c(Cl)c3)c12. The molecule has 10 heteroatoms. The van der Waals surface area contributed by atoms with Crippen molar-refractivity contribution in [3.05, 3.63) is 47.5 Å². The van der Waals surface area contributed by atoms with E-state index < -0.39 is 5.82 Å². The summed E-state index contributed by atoms with van der Waals surface area (Å²) in [5, 5.41) is 3.79. The molecule has 1 aromatic heterocycles. The molecule has 1 amide bonds. The monoisotopic (exact) mass is 474 g/mol. The van der Waals surface area contributed by atoms with Crippen LogP contribution in [0.25, 0.3) is 10.9 Å². The van der Waals surface area contributed by atoms with E-state index in [2.05, 4.69) is 15.3 Å². The Bertz CT molecular complexity index is 1160. The highest BCUT2D eigenvalue weighted by Crippen LogP contribution is 2.36. The molecule has 1 unspecified atom stereocenters. The van der Waals surface area contributed by atoms with Gasteiger partial charge in [0, 0.05) is 31.5 Å². The van der Waals surface area contributed by atoms with E-state index >= 15 is 0 Å². The van der Waals surface area contributed by atoms with Crippen LogP contribution in [0.3, 0.4) is 0 Å². The van der Waals surface area contributed by atoms with Gasteiger partial charge in [-0.15, -0.1) is 0 Å². The average Bonchev–Trinajstić information content (AvgIpc) is 3.29. The number of fused-ring (bicyclic) bond motifs is 1. The van der Waals surface area contributed by atoms with Gasteiger partial charge in [-0.05, 0) is 31.0 Å². The van der Waals surface area contributed by atoms with E-state index in [9.17, 15) is 9.18 Å². The van der Waals surface area contributed by atoms with Crippen molar-refractivity contribution in [1.82, 2.24) is 14.9 Å². The van der Waals surface area contributed by atoms with Gasteiger partial charge in [0.25, 0.3) is 0 Å². The molecule has 4 rings (SSSR count). The second-order valence-corrected chi connectivity index (χ2v) is 8.03. The molecule has 1 aliphatic rings. The highest BCUT2D eigenvalue weighted by atomic mass is 35.5. The standard InChI is InChI=1S/C23H24ClFN4O4/c1-31-12-21(30)29-7-3-4-15(29)11-33-20-10-16(32-2)9-19-22(20)23(27-13-26-19)28-14-5-6-18(25)17(24)8-14/h5-6,8-10,13,15H,3-4,7,11-12H2,1-2H3,(H,26,27,28). The van der Waals surface area contributed by atoms with Gasteiger partial charge in [-0.3, -0.25) is 4.79 Å². The minimum absolute atomic E-state index is 0.00134. The van der Waals surface area contributed by atoms with E-state index in [1.807, 2.05) is 0 Å². The molecule has 33 heavy (non-hydrogen) atoms. The molecule has 3 aromatic rings. The molecule has 0 bridgehead atoms. The Balaban J connectivity index is 1.65. The third-order valence-corrected chi connectivity index (χ3v) is 5.78. The zero-order valence-electron chi connectivity index (χ0n) is 18.3. The van der Waals surface area contributed by atoms with E-state index in [1.165, 1.54) is 25.6 Å². The van der Waals surface area contributed by atoms with Crippen LogP contribution in [0.15, 0.2) is 36.7 Å². The maximum Gasteiger partial charge on any atom is 0.248 e. The Morgan fingerprint density at radius 1 is 1.27 bits per heavy atom. The number of methoxy groups -OCH3 is 2. The van der Waals surface area contributed by atoms with Crippen LogP contribution in [-0.4, -0.2) is 60.8 Å². The first-order valence-corrected chi connectivity index (χ1v) is 10.8. The maximum absolute atomic E-state index is 13.6. The number of nitrogens with one attached hydrogen (secondary N) is 1. The van der Waals surface area contributed by atoms with Gasteiger partial charge in [0.15, 0.2) is 0 Å². The maximum atomic E-state index is 13.6. The smallest absolute Gasteiger partial charge is 0.248 e. The number of carbonyl (C=O) groups is 1. The van der Waals surface area contributed by atoms with Crippen LogP contribution in [0, 0.1) is 5.82 Å². The Labute approximate surface area is 195 Å². The van der Waals surface area contributed by atoms with E-state index in [0.717, 1.165) is 12.8 Å². The summed E-state index contributed by atoms with van der Waals surface area (Å²) in [6.45, 7) is 1.02. The number of likely N-dealkylation sites (tertiary alicyclic amines) is 1. The molecule has 1 aliphatic heterocycles. The van der Waals surface area contributed by atoms with Crippen LogP contribution in [0.1, 0.15) is 12.8 Å². The van der Waals surface area contributed by atoms with E-state index in [0.29, 0.717) is 47.1 Å². The predicted octanol–water partition coefficient (Wildman–Crippen LogP) is 4.19. The molecule has 2 heterocycles. The number of hydrogen-bond acceptors (Lipinski definition) is 7. The summed E-state index contributed by atoms with van der Waals surface area (Å²) in [6, 6.07) is 7.79. The average molecular weight is 475 g/mol. The number of nitrogens with zero attached hydrogens (tertiary/aromatic N) is 3. The molecule has 1 saturated heterocycles. The molecule has 0 radical (unpaired) electrons. The van der Waals surface area contributed by atoms with Crippen LogP contribution >= 0.6 is 11.6 Å². The zero-order chi connectivity index (χ0) is 23.4. The number of amides is 1. The van der Waals surface area contributed by atoms with Gasteiger partial charge in [-0.25, -0.2) is 14.4 Å². The van der Waals surface area contributed by atoms with Crippen molar-refractivity contribution in [2.45, 2.75) is 18.9 Å². The molecule has 8 nitrogen and oxygen atoms in total. The fraction of sp³-hybridized carbons (Fsp3) is 0.348. The first-order valence-electron chi connectivity index (χ1n) is 10.5. The Morgan fingerprint density at radius 2 is 2.12 bits per heavy atom. The molecule has 0 aliphatic carbocycles. The molecule has 174 valence electrons. The lowest BCUT2D eigenvalue weighted by Crippen LogP contribution is -2.40. The Morgan fingerprint density at radius 3 is 2.88 bits per heavy atom. The molecular formula is C23H24ClFN4O4. The van der Waals surface area contributed by atoms with Crippen molar-refractivity contribution in [2.24, 2.45) is 0 Å². The van der Waals surface area contributed by atoms with Crippen LogP contribution in [0.5, 0.6) is 11.5 Å². The van der Waals surface area contributed by atoms with Crippen LogP contribution in [0.2, 0.25) is 5.02 Å². The lowest BCUT2D eigenvalue weighted by atomic mass is 10.2. The minimum Gasteiger partial charge on any atom is -0.497 e. The van der Waals surface area contributed by atoms with Crippen LogP contribution < -0.4 is 14.8 Å². The van der Waals surface area contributed by atoms with Crippen LogP contribution in [0.4, 0.5) is 15.9 Å². The molecule has 1 N–H and O–H groups in total. The molecule has 2 aromatic carbocycles. The van der Waals surface area contributed by atoms with Crippen molar-refractivity contribution in [1.29, 1.82) is 0 Å². The van der Waals surface area contributed by atoms with Gasteiger partial charge < -0.3 is 24.4 Å². The summed E-state index contributed by atoms with van der Waals surface area (Å²) in [4.78, 5) is 22.9. The third-order valence-electron chi connectivity index (χ3n) is 5.49. The van der Waals surface area contributed by atoms with Crippen molar-refractivity contribution >= 4 is 39.9 Å². The highest BCUT2D eigenvalue weighted by Gasteiger charge is 2.29. The summed E-state index contributed by atoms with van der Waals surface area (Å²) >= 11 is 5.92. The van der Waals surface area contributed by atoms with Crippen molar-refractivity contribution in [3.63, 3.8) is 0 Å². The minimum atomic E-state index is -0.507. The largest absolute Gasteiger partial charge is 0.497 e. The lowest BCUT2D eigenvalue weighted by Gasteiger charge is -2.25. The predicted molar refractivity (Wildman–Crippen MR) is 123 cm³/mol. The number of anilines is 2. The summed E-state index contributed by atoms with van der Waals surface area (Å²) in [6.07, 6.45) is 3.16. The molecule has 1 fully saturated rings. The fourth-order valence-corrected chi connectivity index (χ4v) is 4.08. The summed E-state index contributed by atoms with van der Waals surface area (Å²) in [7, 11) is 3.07. The quantitative estimate of drug-likeness (QED) is 0.524. The van der Waals surface area contributed by atoms with Gasteiger partial charge in [0.05, 0.1) is 29.1 Å². The molecular weight excluding hydrogens is 451 g/mol. The van der Waals surface area contributed by atoms with E-state index in [4.69, 9.17) is 25.8 Å². The van der Waals surface area contributed by atoms with E-state index in [1.54, 1.807) is 30.2 Å². The summed E-state index contributed by atoms with van der Waals surface area (Å²) < 4.78 is 30.2. The van der Waals surface area contributed by atoms with Gasteiger partial charge in [-0.1, -0.05) is 11.6 Å². The second-order valence-electron chi connectivity index (χ2n) is 7.62. The number of halogens is 2. The number of carbonyl (C=O) groups excluding carboxylic acids is 1. The van der Waals surface area contributed by atoms with Crippen molar-refractivity contribution < 1.29 is 23.4 Å². The molecule has 0 saturated carbocycles. The first kappa shape index (κ1) is 23.0. The number of benzene rings is 2. The van der Waals surface area contributed by atoms with E-state index in [-0.39, 0.29) is 23.6 Å². The number of ether oxygens (including phenoxy) is 3. The first-order chi connectivity index (χ1) is 16.0. The summed E-state index contributed by atoms with van der Waals surface area (Å²) in [5.74, 6) is 0.988.